The first kappa shape index (κ1) is 25.4. The van der Waals surface area contributed by atoms with E-state index in [0.29, 0.717) is 11.5 Å². The van der Waals surface area contributed by atoms with Crippen molar-refractivity contribution in [1.29, 1.82) is 0 Å². The fraction of sp³-hybridized carbons (Fsp3) is 0.577. The maximum Gasteiger partial charge on any atom is 0.348 e. The summed E-state index contributed by atoms with van der Waals surface area (Å²) in [6.07, 6.45) is 7.94. The zero-order chi connectivity index (χ0) is 22.5. The zero-order valence-electron chi connectivity index (χ0n) is 19.4. The highest BCUT2D eigenvalue weighted by Crippen LogP contribution is 2.24. The lowest BCUT2D eigenvalue weighted by Crippen LogP contribution is -2.23. The van der Waals surface area contributed by atoms with Crippen LogP contribution in [0, 0.1) is 0 Å². The van der Waals surface area contributed by atoms with Gasteiger partial charge in [0.1, 0.15) is 4.88 Å². The minimum absolute atomic E-state index is 0.200. The largest absolute Gasteiger partial charge is 0.462 e. The lowest BCUT2D eigenvalue weighted by molar-refractivity contribution is 0.0511. The van der Waals surface area contributed by atoms with Gasteiger partial charge in [0.25, 0.3) is 0 Å². The van der Waals surface area contributed by atoms with Gasteiger partial charge in [-0.25, -0.2) is 4.79 Å². The van der Waals surface area contributed by atoms with E-state index in [1.54, 1.807) is 11.3 Å². The number of carbonyl (C=O) groups excluding carboxylic acids is 1. The van der Waals surface area contributed by atoms with Gasteiger partial charge in [-0.2, -0.15) is 0 Å². The Balaban J connectivity index is 1.77. The Morgan fingerprint density at radius 2 is 1.77 bits per heavy atom. The van der Waals surface area contributed by atoms with Crippen molar-refractivity contribution in [1.82, 2.24) is 0 Å². The third kappa shape index (κ3) is 8.66. The molecular formula is C26H39NO3S. The number of unbranched alkanes of at least 4 members (excludes halogenated alkanes) is 3. The van der Waals surface area contributed by atoms with E-state index in [2.05, 4.69) is 49.1 Å². The molecule has 1 aromatic carbocycles. The maximum atomic E-state index is 11.9. The van der Waals surface area contributed by atoms with Crippen LogP contribution in [-0.4, -0.2) is 30.8 Å². The number of nitrogens with zero attached hydrogens (tertiary/aromatic N) is 1. The highest BCUT2D eigenvalue weighted by Gasteiger charge is 2.11. The number of aliphatic hydroxyl groups is 1. The zero-order valence-corrected chi connectivity index (χ0v) is 20.3. The highest BCUT2D eigenvalue weighted by molar-refractivity contribution is 7.13. The summed E-state index contributed by atoms with van der Waals surface area (Å²) in [5, 5.41) is 10.4. The molecular weight excluding hydrogens is 406 g/mol. The number of esters is 1. The average molecular weight is 446 g/mol. The molecule has 1 unspecified atom stereocenters. The Bertz CT molecular complexity index is 756. The topological polar surface area (TPSA) is 49.8 Å². The molecule has 0 saturated carbocycles. The molecule has 0 radical (unpaired) electrons. The van der Waals surface area contributed by atoms with E-state index in [9.17, 15) is 9.90 Å². The van der Waals surface area contributed by atoms with E-state index in [1.807, 2.05) is 13.0 Å². The van der Waals surface area contributed by atoms with Gasteiger partial charge < -0.3 is 14.7 Å². The van der Waals surface area contributed by atoms with Crippen LogP contribution in [0.3, 0.4) is 0 Å². The van der Waals surface area contributed by atoms with Crippen molar-refractivity contribution < 1.29 is 14.6 Å². The average Bonchev–Trinajstić information content (AvgIpc) is 3.27. The number of benzene rings is 1. The van der Waals surface area contributed by atoms with E-state index in [1.165, 1.54) is 23.4 Å². The summed E-state index contributed by atoms with van der Waals surface area (Å²) >= 11 is 1.55. The van der Waals surface area contributed by atoms with E-state index < -0.39 is 0 Å². The Labute approximate surface area is 192 Å². The summed E-state index contributed by atoms with van der Waals surface area (Å²) in [4.78, 5) is 16.3. The van der Waals surface area contributed by atoms with Gasteiger partial charge in [-0.05, 0) is 68.9 Å². The third-order valence-electron chi connectivity index (χ3n) is 5.51. The molecule has 2 aromatic rings. The summed E-state index contributed by atoms with van der Waals surface area (Å²) in [6, 6.07) is 12.3. The summed E-state index contributed by atoms with van der Waals surface area (Å²) in [7, 11) is 0. The van der Waals surface area contributed by atoms with Crippen molar-refractivity contribution >= 4 is 23.0 Å². The van der Waals surface area contributed by atoms with Crippen LogP contribution < -0.4 is 4.90 Å². The number of aliphatic hydroxyl groups excluding tert-OH is 1. The minimum Gasteiger partial charge on any atom is -0.462 e. The first-order valence-electron chi connectivity index (χ1n) is 11.9. The standard InChI is InChI=1S/C26H39NO3S/c1-4-7-8-12-24(28)21-13-15-22(16-14-21)27(6-3)19-10-9-11-23-17-18-25(31-23)26(29)30-20-5-2/h13-18,24,28H,4-12,19-20H2,1-3H3. The summed E-state index contributed by atoms with van der Waals surface area (Å²) < 4.78 is 5.21. The van der Waals surface area contributed by atoms with Gasteiger partial charge in [0, 0.05) is 23.7 Å². The third-order valence-corrected chi connectivity index (χ3v) is 6.63. The second-order valence-corrected chi connectivity index (χ2v) is 9.21. The van der Waals surface area contributed by atoms with Crippen molar-refractivity contribution in [2.45, 2.75) is 78.2 Å². The first-order valence-corrected chi connectivity index (χ1v) is 12.7. The molecule has 1 N–H and O–H groups in total. The molecule has 0 saturated heterocycles. The van der Waals surface area contributed by atoms with E-state index >= 15 is 0 Å². The lowest BCUT2D eigenvalue weighted by Gasteiger charge is -2.23. The number of thiophene rings is 1. The molecule has 1 heterocycles. The van der Waals surface area contributed by atoms with Crippen LogP contribution in [0.2, 0.25) is 0 Å². The SMILES string of the molecule is CCCCCC(O)c1ccc(N(CC)CCCCc2ccc(C(=O)OCCC)s2)cc1. The van der Waals surface area contributed by atoms with Gasteiger partial charge in [0.15, 0.2) is 0 Å². The van der Waals surface area contributed by atoms with Crippen molar-refractivity contribution in [3.05, 3.63) is 51.7 Å². The molecule has 1 aromatic heterocycles. The molecule has 0 bridgehead atoms. The summed E-state index contributed by atoms with van der Waals surface area (Å²) in [6.45, 7) is 8.82. The number of rotatable bonds is 15. The number of hydrogen-bond acceptors (Lipinski definition) is 5. The number of ether oxygens (including phenoxy) is 1. The number of carbonyl (C=O) groups is 1. The second-order valence-electron chi connectivity index (χ2n) is 8.04. The molecule has 5 heteroatoms. The Hall–Kier alpha value is -1.85. The molecule has 0 aliphatic heterocycles. The number of hydrogen-bond donors (Lipinski definition) is 1. The predicted molar refractivity (Wildman–Crippen MR) is 131 cm³/mol. The van der Waals surface area contributed by atoms with Gasteiger partial charge in [0.2, 0.25) is 0 Å². The van der Waals surface area contributed by atoms with Crippen LogP contribution in [0.5, 0.6) is 0 Å². The van der Waals surface area contributed by atoms with Crippen LogP contribution in [0.1, 0.15) is 91.9 Å². The van der Waals surface area contributed by atoms with Crippen molar-refractivity contribution in [3.63, 3.8) is 0 Å². The van der Waals surface area contributed by atoms with Gasteiger partial charge >= 0.3 is 5.97 Å². The highest BCUT2D eigenvalue weighted by atomic mass is 32.1. The summed E-state index contributed by atoms with van der Waals surface area (Å²) in [5.74, 6) is -0.200. The molecule has 0 aliphatic carbocycles. The van der Waals surface area contributed by atoms with Gasteiger partial charge in [-0.3, -0.25) is 0 Å². The molecule has 0 amide bonds. The van der Waals surface area contributed by atoms with Crippen LogP contribution in [0.4, 0.5) is 5.69 Å². The molecule has 31 heavy (non-hydrogen) atoms. The van der Waals surface area contributed by atoms with E-state index in [-0.39, 0.29) is 12.1 Å². The minimum atomic E-state index is -0.356. The monoisotopic (exact) mass is 445 g/mol. The van der Waals surface area contributed by atoms with Gasteiger partial charge in [-0.15, -0.1) is 11.3 Å². The van der Waals surface area contributed by atoms with Crippen LogP contribution in [0.25, 0.3) is 0 Å². The predicted octanol–water partition coefficient (Wildman–Crippen LogP) is 6.78. The van der Waals surface area contributed by atoms with Crippen molar-refractivity contribution in [2.24, 2.45) is 0 Å². The van der Waals surface area contributed by atoms with Gasteiger partial charge in [-0.1, -0.05) is 45.2 Å². The van der Waals surface area contributed by atoms with E-state index in [4.69, 9.17) is 4.74 Å². The number of anilines is 1. The lowest BCUT2D eigenvalue weighted by atomic mass is 10.0. The first-order chi connectivity index (χ1) is 15.1. The Morgan fingerprint density at radius 1 is 1.00 bits per heavy atom. The molecule has 0 fully saturated rings. The number of aryl methyl sites for hydroxylation is 1. The fourth-order valence-electron chi connectivity index (χ4n) is 3.62. The quantitative estimate of drug-likeness (QED) is 0.242. The molecule has 2 rings (SSSR count). The molecule has 1 atom stereocenters. The molecule has 0 spiro atoms. The molecule has 4 nitrogen and oxygen atoms in total. The van der Waals surface area contributed by atoms with Crippen LogP contribution >= 0.6 is 11.3 Å². The van der Waals surface area contributed by atoms with E-state index in [0.717, 1.165) is 57.2 Å². The smallest absolute Gasteiger partial charge is 0.348 e. The van der Waals surface area contributed by atoms with Crippen molar-refractivity contribution in [3.8, 4) is 0 Å². The fourth-order valence-corrected chi connectivity index (χ4v) is 4.56. The Morgan fingerprint density at radius 3 is 2.45 bits per heavy atom. The van der Waals surface area contributed by atoms with Crippen LogP contribution in [-0.2, 0) is 11.2 Å². The van der Waals surface area contributed by atoms with Crippen LogP contribution in [0.15, 0.2) is 36.4 Å². The molecule has 0 aliphatic rings. The second kappa shape index (κ2) is 14.3. The van der Waals surface area contributed by atoms with Crippen molar-refractivity contribution in [2.75, 3.05) is 24.6 Å². The van der Waals surface area contributed by atoms with Gasteiger partial charge in [0.05, 0.1) is 12.7 Å². The summed E-state index contributed by atoms with van der Waals surface area (Å²) in [5.41, 5.74) is 2.23. The Kier molecular flexibility index (Phi) is 11.7. The molecule has 172 valence electrons. The normalized spacial score (nSPS) is 12.0. The maximum absolute atomic E-state index is 11.9.